The van der Waals surface area contributed by atoms with Gasteiger partial charge in [0.25, 0.3) is 17.4 Å². The molecule has 1 amide bonds. The number of H-pyrrole nitrogens is 1. The van der Waals surface area contributed by atoms with Crippen LogP contribution in [0, 0.1) is 10.1 Å². The molecular formula is C24H23N3O6. The quantitative estimate of drug-likeness (QED) is 0.185. The van der Waals surface area contributed by atoms with E-state index in [0.717, 1.165) is 10.9 Å². The Morgan fingerprint density at radius 2 is 1.97 bits per heavy atom. The number of carbonyl (C=O) groups is 2. The standard InChI is InChI=1S/C24H23N3O6/c1-14(2)33-11-10-26-21(18-13-25-19-9-4-3-8-17(18)19)20(23(29)24(26)30)22(28)15-6-5-7-16(12-15)27(31)32/h3-9,12-14,21,25,28H,10-11H2,1-2H3/b22-20+. The lowest BCUT2D eigenvalue weighted by Crippen LogP contribution is -2.33. The normalized spacial score (nSPS) is 17.9. The molecule has 1 atom stereocenters. The molecular weight excluding hydrogens is 426 g/mol. The first-order chi connectivity index (χ1) is 15.8. The first kappa shape index (κ1) is 22.2. The molecule has 2 aromatic carbocycles. The number of fused-ring (bicyclic) bond motifs is 1. The van der Waals surface area contributed by atoms with E-state index in [2.05, 4.69) is 4.98 Å². The summed E-state index contributed by atoms with van der Waals surface area (Å²) >= 11 is 0. The van der Waals surface area contributed by atoms with E-state index in [-0.39, 0.29) is 36.1 Å². The van der Waals surface area contributed by atoms with Crippen LogP contribution in [0.25, 0.3) is 16.7 Å². The van der Waals surface area contributed by atoms with Gasteiger partial charge in [-0.2, -0.15) is 0 Å². The number of para-hydroxylation sites is 1. The molecule has 0 bridgehead atoms. The van der Waals surface area contributed by atoms with Gasteiger partial charge in [-0.15, -0.1) is 0 Å². The van der Waals surface area contributed by atoms with Gasteiger partial charge in [0.05, 0.1) is 29.2 Å². The van der Waals surface area contributed by atoms with E-state index in [1.165, 1.54) is 29.2 Å². The largest absolute Gasteiger partial charge is 0.507 e. The van der Waals surface area contributed by atoms with E-state index < -0.39 is 28.4 Å². The summed E-state index contributed by atoms with van der Waals surface area (Å²) in [6, 6.07) is 11.9. The molecule has 0 aliphatic carbocycles. The Morgan fingerprint density at radius 3 is 2.70 bits per heavy atom. The summed E-state index contributed by atoms with van der Waals surface area (Å²) in [6.45, 7) is 4.08. The van der Waals surface area contributed by atoms with Crippen LogP contribution in [0.2, 0.25) is 0 Å². The molecule has 1 saturated heterocycles. The first-order valence-corrected chi connectivity index (χ1v) is 10.5. The number of likely N-dealkylation sites (tertiary alicyclic amines) is 1. The summed E-state index contributed by atoms with van der Waals surface area (Å²) in [5.74, 6) is -2.07. The number of aliphatic hydroxyl groups is 1. The number of hydrogen-bond acceptors (Lipinski definition) is 6. The number of Topliss-reactive ketones (excluding diaryl/α,β-unsaturated/α-hetero) is 1. The van der Waals surface area contributed by atoms with Crippen molar-refractivity contribution < 1.29 is 24.4 Å². The molecule has 0 saturated carbocycles. The molecule has 33 heavy (non-hydrogen) atoms. The van der Waals surface area contributed by atoms with E-state index in [1.54, 1.807) is 6.20 Å². The molecule has 0 radical (unpaired) electrons. The molecule has 9 nitrogen and oxygen atoms in total. The highest BCUT2D eigenvalue weighted by Crippen LogP contribution is 2.42. The van der Waals surface area contributed by atoms with E-state index in [0.29, 0.717) is 5.56 Å². The van der Waals surface area contributed by atoms with Crippen molar-refractivity contribution in [2.24, 2.45) is 0 Å². The molecule has 1 fully saturated rings. The van der Waals surface area contributed by atoms with Gasteiger partial charge in [-0.05, 0) is 19.9 Å². The van der Waals surface area contributed by atoms with Crippen molar-refractivity contribution in [2.45, 2.75) is 26.0 Å². The van der Waals surface area contributed by atoms with Crippen molar-refractivity contribution in [1.29, 1.82) is 0 Å². The minimum atomic E-state index is -0.879. The summed E-state index contributed by atoms with van der Waals surface area (Å²) in [5, 5.41) is 23.1. The monoisotopic (exact) mass is 449 g/mol. The highest BCUT2D eigenvalue weighted by atomic mass is 16.6. The molecule has 2 heterocycles. The van der Waals surface area contributed by atoms with Crippen LogP contribution in [0.15, 0.2) is 60.3 Å². The van der Waals surface area contributed by atoms with Crippen molar-refractivity contribution >= 4 is 34.0 Å². The third kappa shape index (κ3) is 4.10. The number of nitro groups is 1. The number of non-ortho nitro benzene ring substituents is 1. The maximum absolute atomic E-state index is 13.1. The lowest BCUT2D eigenvalue weighted by Gasteiger charge is -2.25. The predicted octanol–water partition coefficient (Wildman–Crippen LogP) is 3.92. The van der Waals surface area contributed by atoms with Crippen molar-refractivity contribution in [2.75, 3.05) is 13.2 Å². The SMILES string of the molecule is CC(C)OCCN1C(=O)C(=O)/C(=C(/O)c2cccc([N+](=O)[O-])c2)C1c1c[nH]c2ccccc12. The Bertz CT molecular complexity index is 1280. The van der Waals surface area contributed by atoms with Gasteiger partial charge in [0.15, 0.2) is 0 Å². The van der Waals surface area contributed by atoms with Gasteiger partial charge >= 0.3 is 0 Å². The molecule has 170 valence electrons. The second kappa shape index (κ2) is 8.87. The highest BCUT2D eigenvalue weighted by molar-refractivity contribution is 6.46. The lowest BCUT2D eigenvalue weighted by molar-refractivity contribution is -0.384. The van der Waals surface area contributed by atoms with Crippen molar-refractivity contribution in [3.8, 4) is 0 Å². The Labute approximate surface area is 189 Å². The van der Waals surface area contributed by atoms with Crippen LogP contribution < -0.4 is 0 Å². The van der Waals surface area contributed by atoms with Crippen LogP contribution >= 0.6 is 0 Å². The predicted molar refractivity (Wildman–Crippen MR) is 121 cm³/mol. The van der Waals surface area contributed by atoms with Gasteiger partial charge in [-0.25, -0.2) is 0 Å². The Balaban J connectivity index is 1.87. The molecule has 4 rings (SSSR count). The minimum absolute atomic E-state index is 0.0572. The zero-order valence-electron chi connectivity index (χ0n) is 18.1. The summed E-state index contributed by atoms with van der Waals surface area (Å²) < 4.78 is 5.60. The number of aliphatic hydroxyl groups excluding tert-OH is 1. The molecule has 1 aromatic heterocycles. The maximum Gasteiger partial charge on any atom is 0.295 e. The fourth-order valence-corrected chi connectivity index (χ4v) is 4.06. The number of aromatic nitrogens is 1. The number of carbonyl (C=O) groups excluding carboxylic acids is 2. The van der Waals surface area contributed by atoms with Gasteiger partial charge in [0.1, 0.15) is 5.76 Å². The van der Waals surface area contributed by atoms with E-state index in [1.807, 2.05) is 38.1 Å². The van der Waals surface area contributed by atoms with Crippen LogP contribution in [-0.2, 0) is 14.3 Å². The number of amides is 1. The zero-order chi connectivity index (χ0) is 23.7. The average molecular weight is 449 g/mol. The van der Waals surface area contributed by atoms with E-state index in [4.69, 9.17) is 4.74 Å². The number of nitrogens with one attached hydrogen (secondary N) is 1. The van der Waals surface area contributed by atoms with Crippen LogP contribution in [0.4, 0.5) is 5.69 Å². The Hall–Kier alpha value is -3.98. The fraction of sp³-hybridized carbons (Fsp3) is 0.250. The van der Waals surface area contributed by atoms with Gasteiger partial charge in [-0.3, -0.25) is 19.7 Å². The zero-order valence-corrected chi connectivity index (χ0v) is 18.1. The summed E-state index contributed by atoms with van der Waals surface area (Å²) in [4.78, 5) is 41.2. The second-order valence-electron chi connectivity index (χ2n) is 8.01. The number of hydrogen-bond donors (Lipinski definition) is 2. The number of ether oxygens (including phenoxy) is 1. The topological polar surface area (TPSA) is 126 Å². The number of ketones is 1. The van der Waals surface area contributed by atoms with Crippen LogP contribution in [0.3, 0.4) is 0 Å². The van der Waals surface area contributed by atoms with E-state index in [9.17, 15) is 24.8 Å². The van der Waals surface area contributed by atoms with Crippen LogP contribution in [-0.4, -0.2) is 50.9 Å². The number of nitro benzene ring substituents is 1. The molecule has 9 heteroatoms. The van der Waals surface area contributed by atoms with Gasteiger partial charge in [0, 0.05) is 46.9 Å². The van der Waals surface area contributed by atoms with Crippen LogP contribution in [0.5, 0.6) is 0 Å². The third-order valence-electron chi connectivity index (χ3n) is 5.57. The lowest BCUT2D eigenvalue weighted by atomic mass is 9.95. The first-order valence-electron chi connectivity index (χ1n) is 10.5. The molecule has 1 aliphatic heterocycles. The number of benzene rings is 2. The molecule has 3 aromatic rings. The van der Waals surface area contributed by atoms with Gasteiger partial charge in [0.2, 0.25) is 0 Å². The van der Waals surface area contributed by atoms with Crippen molar-refractivity contribution in [1.82, 2.24) is 9.88 Å². The average Bonchev–Trinajstić information content (AvgIpc) is 3.32. The summed E-state index contributed by atoms with van der Waals surface area (Å²) in [5.41, 5.74) is 1.19. The minimum Gasteiger partial charge on any atom is -0.507 e. The number of aromatic amines is 1. The molecule has 1 aliphatic rings. The number of rotatable bonds is 7. The van der Waals surface area contributed by atoms with Crippen molar-refractivity contribution in [3.05, 3.63) is 81.5 Å². The third-order valence-corrected chi connectivity index (χ3v) is 5.57. The van der Waals surface area contributed by atoms with Crippen molar-refractivity contribution in [3.63, 3.8) is 0 Å². The second-order valence-corrected chi connectivity index (χ2v) is 8.01. The maximum atomic E-state index is 13.1. The molecule has 2 N–H and O–H groups in total. The van der Waals surface area contributed by atoms with Gasteiger partial charge < -0.3 is 19.7 Å². The Kier molecular flexibility index (Phi) is 5.97. The number of nitrogens with zero attached hydrogens (tertiary/aromatic N) is 2. The highest BCUT2D eigenvalue weighted by Gasteiger charge is 2.46. The summed E-state index contributed by atoms with van der Waals surface area (Å²) in [7, 11) is 0. The van der Waals surface area contributed by atoms with Gasteiger partial charge in [-0.1, -0.05) is 30.3 Å². The Morgan fingerprint density at radius 1 is 1.21 bits per heavy atom. The molecule has 1 unspecified atom stereocenters. The fourth-order valence-electron chi connectivity index (χ4n) is 4.06. The van der Waals surface area contributed by atoms with E-state index >= 15 is 0 Å². The van der Waals surface area contributed by atoms with Crippen LogP contribution in [0.1, 0.15) is 31.0 Å². The molecule has 0 spiro atoms. The summed E-state index contributed by atoms with van der Waals surface area (Å²) in [6.07, 6.45) is 1.65. The smallest absolute Gasteiger partial charge is 0.295 e.